The maximum Gasteiger partial charge on any atom is 0.166 e. The van der Waals surface area contributed by atoms with Crippen molar-refractivity contribution in [2.45, 2.75) is 6.92 Å². The van der Waals surface area contributed by atoms with Gasteiger partial charge in [-0.1, -0.05) is 0 Å². The minimum Gasteiger partial charge on any atom is -0.460 e. The van der Waals surface area contributed by atoms with E-state index in [0.29, 0.717) is 57.3 Å². The zero-order valence-electron chi connectivity index (χ0n) is 19.2. The fraction of sp³-hybridized carbons (Fsp3) is 0.292. The van der Waals surface area contributed by atoms with Crippen molar-refractivity contribution in [2.75, 3.05) is 50.6 Å². The molecule has 5 rings (SSSR count). The van der Waals surface area contributed by atoms with Gasteiger partial charge in [-0.15, -0.1) is 11.3 Å². The number of ether oxygens (including phenoxy) is 2. The number of aromatic nitrogens is 3. The zero-order chi connectivity index (χ0) is 23.7. The summed E-state index contributed by atoms with van der Waals surface area (Å²) < 4.78 is 27.4. The number of hydrogen-bond donors (Lipinski definition) is 1. The topological polar surface area (TPSA) is 75.6 Å². The maximum absolute atomic E-state index is 15.1. The van der Waals surface area contributed by atoms with E-state index in [-0.39, 0.29) is 5.82 Å². The van der Waals surface area contributed by atoms with Gasteiger partial charge in [-0.2, -0.15) is 0 Å². The van der Waals surface area contributed by atoms with Crippen LogP contribution in [0.25, 0.3) is 21.1 Å². The molecule has 0 aliphatic carbocycles. The minimum atomic E-state index is -0.358. The summed E-state index contributed by atoms with van der Waals surface area (Å²) in [6.45, 7) is 4.80. The van der Waals surface area contributed by atoms with Gasteiger partial charge in [-0.25, -0.2) is 19.3 Å². The standard InChI is InChI=1S/C24H25FN6O2S/c1-15(12-30(2)3)33-20-11-16(31-6-8-32-9-7-31)10-19-21(20)24(27-13-26-19)29-17-4-5-18-23(22(17)25)34-14-28-18/h4-5,10-14H,6-9H2,1-3H3,(H,26,27,29)/b15-12+. The smallest absolute Gasteiger partial charge is 0.166 e. The summed E-state index contributed by atoms with van der Waals surface area (Å²) in [5, 5.41) is 3.84. The number of hydrogen-bond acceptors (Lipinski definition) is 9. The van der Waals surface area contributed by atoms with Gasteiger partial charge in [0.25, 0.3) is 0 Å². The van der Waals surface area contributed by atoms with Gasteiger partial charge in [0.2, 0.25) is 0 Å². The highest BCUT2D eigenvalue weighted by atomic mass is 32.1. The molecule has 0 radical (unpaired) electrons. The van der Waals surface area contributed by atoms with Crippen LogP contribution in [0.2, 0.25) is 0 Å². The van der Waals surface area contributed by atoms with Gasteiger partial charge in [0, 0.05) is 45.1 Å². The molecule has 1 aliphatic rings. The van der Waals surface area contributed by atoms with Gasteiger partial charge in [0.05, 0.1) is 45.5 Å². The summed E-state index contributed by atoms with van der Waals surface area (Å²) in [7, 11) is 3.87. The van der Waals surface area contributed by atoms with Gasteiger partial charge in [-0.05, 0) is 25.1 Å². The van der Waals surface area contributed by atoms with E-state index in [1.165, 1.54) is 17.7 Å². The van der Waals surface area contributed by atoms with Crippen LogP contribution >= 0.6 is 11.3 Å². The third-order valence-corrected chi connectivity index (χ3v) is 6.30. The summed E-state index contributed by atoms with van der Waals surface area (Å²) >= 11 is 1.27. The second-order valence-electron chi connectivity index (χ2n) is 8.22. The lowest BCUT2D eigenvalue weighted by atomic mass is 10.1. The first-order chi connectivity index (χ1) is 16.5. The van der Waals surface area contributed by atoms with Crippen LogP contribution < -0.4 is 15.0 Å². The van der Waals surface area contributed by atoms with Crippen LogP contribution in [-0.2, 0) is 4.74 Å². The number of nitrogens with zero attached hydrogens (tertiary/aromatic N) is 5. The van der Waals surface area contributed by atoms with Crippen molar-refractivity contribution in [1.29, 1.82) is 0 Å². The molecule has 8 nitrogen and oxygen atoms in total. The second kappa shape index (κ2) is 9.40. The molecule has 0 bridgehead atoms. The molecule has 0 unspecified atom stereocenters. The van der Waals surface area contributed by atoms with E-state index < -0.39 is 0 Å². The molecule has 2 aromatic heterocycles. The molecule has 4 aromatic rings. The van der Waals surface area contributed by atoms with Crippen molar-refractivity contribution in [3.05, 3.63) is 53.9 Å². The lowest BCUT2D eigenvalue weighted by Crippen LogP contribution is -2.36. The Morgan fingerprint density at radius 2 is 2.00 bits per heavy atom. The molecule has 0 atom stereocenters. The summed E-state index contributed by atoms with van der Waals surface area (Å²) in [5.74, 6) is 1.41. The number of nitrogens with one attached hydrogen (secondary N) is 1. The first kappa shape index (κ1) is 22.3. The van der Waals surface area contributed by atoms with Crippen molar-refractivity contribution >= 4 is 49.6 Å². The molecule has 0 spiro atoms. The Labute approximate surface area is 200 Å². The number of anilines is 3. The van der Waals surface area contributed by atoms with E-state index in [9.17, 15) is 0 Å². The van der Waals surface area contributed by atoms with E-state index in [1.54, 1.807) is 17.6 Å². The largest absolute Gasteiger partial charge is 0.460 e. The molecule has 2 aromatic carbocycles. The molecule has 1 fully saturated rings. The first-order valence-electron chi connectivity index (χ1n) is 10.9. The van der Waals surface area contributed by atoms with Crippen molar-refractivity contribution in [3.63, 3.8) is 0 Å². The minimum absolute atomic E-state index is 0.320. The van der Waals surface area contributed by atoms with E-state index in [2.05, 4.69) is 25.2 Å². The summed E-state index contributed by atoms with van der Waals surface area (Å²) in [6.07, 6.45) is 3.37. The fourth-order valence-corrected chi connectivity index (χ4v) is 4.73. The highest BCUT2D eigenvalue weighted by Crippen LogP contribution is 2.38. The Bertz CT molecular complexity index is 1370. The van der Waals surface area contributed by atoms with Crippen LogP contribution in [0.5, 0.6) is 5.75 Å². The number of morpholine rings is 1. The first-order valence-corrected chi connectivity index (χ1v) is 11.8. The van der Waals surface area contributed by atoms with E-state index in [0.717, 1.165) is 18.8 Å². The Hall–Kier alpha value is -3.50. The molecule has 3 heterocycles. The predicted octanol–water partition coefficient (Wildman–Crippen LogP) is 4.76. The summed E-state index contributed by atoms with van der Waals surface area (Å²) in [4.78, 5) is 17.3. The molecule has 176 valence electrons. The van der Waals surface area contributed by atoms with Crippen LogP contribution in [0.3, 0.4) is 0 Å². The third-order valence-electron chi connectivity index (χ3n) is 5.47. The van der Waals surface area contributed by atoms with Crippen molar-refractivity contribution in [2.24, 2.45) is 0 Å². The molecule has 1 saturated heterocycles. The average Bonchev–Trinajstić information content (AvgIpc) is 3.30. The monoisotopic (exact) mass is 480 g/mol. The Morgan fingerprint density at radius 1 is 1.18 bits per heavy atom. The van der Waals surface area contributed by atoms with Crippen molar-refractivity contribution < 1.29 is 13.9 Å². The molecular weight excluding hydrogens is 455 g/mol. The average molecular weight is 481 g/mol. The van der Waals surface area contributed by atoms with Gasteiger partial charge < -0.3 is 24.6 Å². The van der Waals surface area contributed by atoms with Crippen LogP contribution in [0.4, 0.5) is 21.6 Å². The Kier molecular flexibility index (Phi) is 6.16. The van der Waals surface area contributed by atoms with Gasteiger partial charge in [-0.3, -0.25) is 0 Å². The molecule has 34 heavy (non-hydrogen) atoms. The predicted molar refractivity (Wildman–Crippen MR) is 134 cm³/mol. The van der Waals surface area contributed by atoms with Crippen molar-refractivity contribution in [3.8, 4) is 5.75 Å². The number of halogens is 1. The van der Waals surface area contributed by atoms with Crippen molar-refractivity contribution in [1.82, 2.24) is 19.9 Å². The van der Waals surface area contributed by atoms with E-state index >= 15 is 4.39 Å². The molecule has 0 amide bonds. The zero-order valence-corrected chi connectivity index (χ0v) is 20.0. The molecule has 0 saturated carbocycles. The van der Waals surface area contributed by atoms with Crippen LogP contribution in [0.15, 0.2) is 48.1 Å². The van der Waals surface area contributed by atoms with Crippen LogP contribution in [-0.4, -0.2) is 60.3 Å². The number of fused-ring (bicyclic) bond motifs is 2. The number of allylic oxidation sites excluding steroid dienone is 1. The van der Waals surface area contributed by atoms with Gasteiger partial charge >= 0.3 is 0 Å². The molecular formula is C24H25FN6O2S. The Morgan fingerprint density at radius 3 is 2.79 bits per heavy atom. The van der Waals surface area contributed by atoms with E-state index in [4.69, 9.17) is 9.47 Å². The number of rotatable bonds is 6. The normalized spacial score (nSPS) is 14.6. The Balaban J connectivity index is 1.62. The van der Waals surface area contributed by atoms with Gasteiger partial charge in [0.15, 0.2) is 5.82 Å². The van der Waals surface area contributed by atoms with E-state index in [1.807, 2.05) is 44.3 Å². The summed E-state index contributed by atoms with van der Waals surface area (Å²) in [6, 6.07) is 7.45. The maximum atomic E-state index is 15.1. The lowest BCUT2D eigenvalue weighted by Gasteiger charge is -2.29. The quantitative estimate of drug-likeness (QED) is 0.396. The van der Waals surface area contributed by atoms with Crippen LogP contribution in [0, 0.1) is 5.82 Å². The number of benzene rings is 2. The summed E-state index contributed by atoms with van der Waals surface area (Å²) in [5.41, 5.74) is 4.28. The lowest BCUT2D eigenvalue weighted by molar-refractivity contribution is 0.122. The second-order valence-corrected chi connectivity index (χ2v) is 9.07. The number of thiazole rings is 1. The third kappa shape index (κ3) is 4.46. The SMILES string of the molecule is C/C(=C\N(C)C)Oc1cc(N2CCOCC2)cc2ncnc(Nc3ccc4ncsc4c3F)c12. The molecule has 1 aliphatic heterocycles. The highest BCUT2D eigenvalue weighted by molar-refractivity contribution is 7.16. The molecule has 10 heteroatoms. The fourth-order valence-electron chi connectivity index (χ4n) is 4.00. The van der Waals surface area contributed by atoms with Gasteiger partial charge in [0.1, 0.15) is 23.7 Å². The molecule has 1 N–H and O–H groups in total. The highest BCUT2D eigenvalue weighted by Gasteiger charge is 2.19. The van der Waals surface area contributed by atoms with Crippen LogP contribution in [0.1, 0.15) is 6.92 Å².